The number of aryl methyl sites for hydroxylation is 1. The Morgan fingerprint density at radius 3 is 2.72 bits per heavy atom. The van der Waals surface area contributed by atoms with Gasteiger partial charge < -0.3 is 10.1 Å². The fourth-order valence-corrected chi connectivity index (χ4v) is 1.89. The highest BCUT2D eigenvalue weighted by atomic mass is 16.5. The van der Waals surface area contributed by atoms with E-state index in [-0.39, 0.29) is 6.04 Å². The Hall–Kier alpha value is -1.95. The molecular weight excluding hydrogens is 230 g/mol. The fraction of sp³-hybridized carbons (Fsp3) is 0.417. The molecule has 0 aliphatic carbocycles. The molecule has 6 nitrogen and oxygen atoms in total. The molecule has 0 spiro atoms. The zero-order valence-corrected chi connectivity index (χ0v) is 10.8. The summed E-state index contributed by atoms with van der Waals surface area (Å²) in [5.74, 6) is 1.44. The van der Waals surface area contributed by atoms with Crippen LogP contribution in [0.1, 0.15) is 24.5 Å². The summed E-state index contributed by atoms with van der Waals surface area (Å²) in [5.41, 5.74) is 0.922. The number of hydrogen-bond donors (Lipinski definition) is 1. The predicted molar refractivity (Wildman–Crippen MR) is 67.3 cm³/mol. The van der Waals surface area contributed by atoms with Gasteiger partial charge in [-0.05, 0) is 12.6 Å². The van der Waals surface area contributed by atoms with E-state index >= 15 is 0 Å². The van der Waals surface area contributed by atoms with E-state index in [9.17, 15) is 0 Å². The van der Waals surface area contributed by atoms with Gasteiger partial charge >= 0.3 is 0 Å². The molecule has 1 unspecified atom stereocenters. The normalized spacial score (nSPS) is 12.4. The van der Waals surface area contributed by atoms with Gasteiger partial charge in [0.1, 0.15) is 11.7 Å². The molecule has 0 radical (unpaired) electrons. The van der Waals surface area contributed by atoms with Crippen molar-refractivity contribution in [3.05, 3.63) is 36.2 Å². The standard InChI is InChI=1S/C12H17N5O/c1-4-13-10(12-14-6-5-7-15-12)11-9(18-3)8-16-17(11)2/h5-8,10,13H,4H2,1-3H3. The SMILES string of the molecule is CCNC(c1ncccn1)c1c(OC)cnn1C. The van der Waals surface area contributed by atoms with Crippen LogP contribution in [0.4, 0.5) is 0 Å². The number of ether oxygens (including phenoxy) is 1. The van der Waals surface area contributed by atoms with Gasteiger partial charge in [0, 0.05) is 19.4 Å². The van der Waals surface area contributed by atoms with Crippen LogP contribution in [0.2, 0.25) is 0 Å². The Balaban J connectivity index is 2.44. The lowest BCUT2D eigenvalue weighted by atomic mass is 10.1. The molecule has 1 N–H and O–H groups in total. The van der Waals surface area contributed by atoms with Crippen LogP contribution in [-0.4, -0.2) is 33.4 Å². The summed E-state index contributed by atoms with van der Waals surface area (Å²) in [6, 6.07) is 1.67. The number of methoxy groups -OCH3 is 1. The monoisotopic (exact) mass is 247 g/mol. The molecule has 1 atom stereocenters. The van der Waals surface area contributed by atoms with Crippen LogP contribution < -0.4 is 10.1 Å². The second-order valence-corrected chi connectivity index (χ2v) is 3.82. The van der Waals surface area contributed by atoms with E-state index in [1.54, 1.807) is 36.4 Å². The largest absolute Gasteiger partial charge is 0.493 e. The number of nitrogens with one attached hydrogen (secondary N) is 1. The van der Waals surface area contributed by atoms with Gasteiger partial charge in [0.2, 0.25) is 0 Å². The van der Waals surface area contributed by atoms with Crippen molar-refractivity contribution in [2.45, 2.75) is 13.0 Å². The lowest BCUT2D eigenvalue weighted by Crippen LogP contribution is -2.26. The molecule has 0 bridgehead atoms. The van der Waals surface area contributed by atoms with Crippen LogP contribution in [0, 0.1) is 0 Å². The molecule has 0 aliphatic heterocycles. The Morgan fingerprint density at radius 2 is 2.11 bits per heavy atom. The highest BCUT2D eigenvalue weighted by molar-refractivity contribution is 5.31. The Bertz CT molecular complexity index is 496. The number of hydrogen-bond acceptors (Lipinski definition) is 5. The van der Waals surface area contributed by atoms with Gasteiger partial charge in [-0.3, -0.25) is 4.68 Å². The summed E-state index contributed by atoms with van der Waals surface area (Å²) in [7, 11) is 3.51. The quantitative estimate of drug-likeness (QED) is 0.851. The third-order valence-corrected chi connectivity index (χ3v) is 2.69. The van der Waals surface area contributed by atoms with E-state index in [1.165, 1.54) is 0 Å². The number of rotatable bonds is 5. The summed E-state index contributed by atoms with van der Waals surface area (Å²) in [6.45, 7) is 2.84. The number of nitrogens with zero attached hydrogens (tertiary/aromatic N) is 4. The van der Waals surface area contributed by atoms with E-state index in [4.69, 9.17) is 4.74 Å². The van der Waals surface area contributed by atoms with Crippen molar-refractivity contribution < 1.29 is 4.74 Å². The second kappa shape index (κ2) is 5.59. The zero-order chi connectivity index (χ0) is 13.0. The molecule has 2 rings (SSSR count). The first kappa shape index (κ1) is 12.5. The highest BCUT2D eigenvalue weighted by Crippen LogP contribution is 2.27. The van der Waals surface area contributed by atoms with Crippen LogP contribution in [0.3, 0.4) is 0 Å². The molecule has 0 aliphatic rings. The van der Waals surface area contributed by atoms with Crippen LogP contribution in [0.5, 0.6) is 5.75 Å². The van der Waals surface area contributed by atoms with Crippen molar-refractivity contribution in [1.29, 1.82) is 0 Å². The third-order valence-electron chi connectivity index (χ3n) is 2.69. The Labute approximate surface area is 106 Å². The minimum Gasteiger partial charge on any atom is -0.493 e. The van der Waals surface area contributed by atoms with Crippen molar-refractivity contribution in [2.75, 3.05) is 13.7 Å². The third kappa shape index (κ3) is 2.33. The Kier molecular flexibility index (Phi) is 3.88. The lowest BCUT2D eigenvalue weighted by molar-refractivity contribution is 0.399. The van der Waals surface area contributed by atoms with E-state index in [0.29, 0.717) is 5.82 Å². The molecular formula is C12H17N5O. The molecule has 0 amide bonds. The first-order valence-corrected chi connectivity index (χ1v) is 5.84. The van der Waals surface area contributed by atoms with Gasteiger partial charge in [-0.1, -0.05) is 6.92 Å². The average molecular weight is 247 g/mol. The summed E-state index contributed by atoms with van der Waals surface area (Å²) in [4.78, 5) is 8.60. The van der Waals surface area contributed by atoms with Crippen LogP contribution in [0.15, 0.2) is 24.7 Å². The Morgan fingerprint density at radius 1 is 1.39 bits per heavy atom. The fourth-order valence-electron chi connectivity index (χ4n) is 1.89. The predicted octanol–water partition coefficient (Wildman–Crippen LogP) is 0.918. The maximum Gasteiger partial charge on any atom is 0.162 e. The first-order chi connectivity index (χ1) is 8.77. The van der Waals surface area contributed by atoms with Crippen molar-refractivity contribution in [3.8, 4) is 5.75 Å². The molecule has 0 aromatic carbocycles. The lowest BCUT2D eigenvalue weighted by Gasteiger charge is -2.17. The van der Waals surface area contributed by atoms with E-state index in [1.807, 2.05) is 14.0 Å². The molecule has 0 saturated heterocycles. The maximum atomic E-state index is 5.34. The molecule has 18 heavy (non-hydrogen) atoms. The minimum absolute atomic E-state index is 0.126. The van der Waals surface area contributed by atoms with Gasteiger partial charge in [0.25, 0.3) is 0 Å². The van der Waals surface area contributed by atoms with Crippen molar-refractivity contribution in [2.24, 2.45) is 7.05 Å². The maximum absolute atomic E-state index is 5.34. The highest BCUT2D eigenvalue weighted by Gasteiger charge is 2.23. The van der Waals surface area contributed by atoms with Gasteiger partial charge in [-0.15, -0.1) is 0 Å². The first-order valence-electron chi connectivity index (χ1n) is 5.84. The molecule has 6 heteroatoms. The zero-order valence-electron chi connectivity index (χ0n) is 10.8. The van der Waals surface area contributed by atoms with E-state index in [2.05, 4.69) is 20.4 Å². The van der Waals surface area contributed by atoms with Gasteiger partial charge in [0.05, 0.1) is 13.3 Å². The van der Waals surface area contributed by atoms with Crippen molar-refractivity contribution in [1.82, 2.24) is 25.1 Å². The van der Waals surface area contributed by atoms with Gasteiger partial charge in [0.15, 0.2) is 11.6 Å². The smallest absolute Gasteiger partial charge is 0.162 e. The van der Waals surface area contributed by atoms with Gasteiger partial charge in [-0.25, -0.2) is 9.97 Å². The molecule has 0 fully saturated rings. The van der Waals surface area contributed by atoms with Crippen molar-refractivity contribution >= 4 is 0 Å². The molecule has 0 saturated carbocycles. The molecule has 96 valence electrons. The summed E-state index contributed by atoms with van der Waals surface area (Å²) < 4.78 is 7.12. The van der Waals surface area contributed by atoms with Crippen LogP contribution >= 0.6 is 0 Å². The topological polar surface area (TPSA) is 64.9 Å². The van der Waals surface area contributed by atoms with Gasteiger partial charge in [-0.2, -0.15) is 5.10 Å². The van der Waals surface area contributed by atoms with Crippen LogP contribution in [-0.2, 0) is 7.05 Å². The van der Waals surface area contributed by atoms with E-state index < -0.39 is 0 Å². The van der Waals surface area contributed by atoms with Crippen LogP contribution in [0.25, 0.3) is 0 Å². The second-order valence-electron chi connectivity index (χ2n) is 3.82. The molecule has 2 heterocycles. The minimum atomic E-state index is -0.126. The van der Waals surface area contributed by atoms with E-state index in [0.717, 1.165) is 18.0 Å². The summed E-state index contributed by atoms with van der Waals surface area (Å²) >= 11 is 0. The summed E-state index contributed by atoms with van der Waals surface area (Å²) in [5, 5.41) is 7.56. The molecule has 2 aromatic rings. The summed E-state index contributed by atoms with van der Waals surface area (Å²) in [6.07, 6.45) is 5.16. The average Bonchev–Trinajstić information content (AvgIpc) is 2.78. The van der Waals surface area contributed by atoms with Crippen molar-refractivity contribution in [3.63, 3.8) is 0 Å². The molecule has 2 aromatic heterocycles. The number of aromatic nitrogens is 4.